The van der Waals surface area contributed by atoms with Crippen LogP contribution in [0, 0.1) is 0 Å². The smallest absolute Gasteiger partial charge is 0.187 e. The summed E-state index contributed by atoms with van der Waals surface area (Å²) in [6.07, 6.45) is 0. The molecule has 88 valence electrons. The van der Waals surface area contributed by atoms with Gasteiger partial charge in [0.1, 0.15) is 5.75 Å². The van der Waals surface area contributed by atoms with Crippen molar-refractivity contribution in [1.82, 2.24) is 0 Å². The van der Waals surface area contributed by atoms with Gasteiger partial charge in [-0.1, -0.05) is 28.4 Å². The summed E-state index contributed by atoms with van der Waals surface area (Å²) in [5, 5.41) is 11.2. The van der Waals surface area contributed by atoms with Crippen LogP contribution in [0.2, 0.25) is 10.0 Å². The van der Waals surface area contributed by atoms with Gasteiger partial charge in [-0.15, -0.1) is 0 Å². The number of nitrogens with two attached hydrogens (primary N) is 1. The van der Waals surface area contributed by atoms with Gasteiger partial charge in [0, 0.05) is 5.02 Å². The maximum Gasteiger partial charge on any atom is 0.187 e. The van der Waals surface area contributed by atoms with Crippen molar-refractivity contribution in [3.8, 4) is 0 Å². The Morgan fingerprint density at radius 2 is 2.06 bits per heavy atom. The summed E-state index contributed by atoms with van der Waals surface area (Å²) in [5.41, 5.74) is 5.13. The molecule has 0 heterocycles. The van der Waals surface area contributed by atoms with Crippen LogP contribution in [0.4, 0.5) is 0 Å². The van der Waals surface area contributed by atoms with Crippen LogP contribution >= 0.6 is 23.2 Å². The molecule has 0 spiro atoms. The number of benzene rings is 1. The van der Waals surface area contributed by atoms with Crippen molar-refractivity contribution in [1.29, 1.82) is 0 Å². The Kier molecular flexibility index (Phi) is 4.01. The normalized spacial score (nSPS) is 12.8. The van der Waals surface area contributed by atoms with Crippen molar-refractivity contribution in [2.24, 2.45) is 10.9 Å². The van der Waals surface area contributed by atoms with Crippen LogP contribution in [-0.2, 0) is 9.84 Å². The van der Waals surface area contributed by atoms with Crippen molar-refractivity contribution < 1.29 is 13.6 Å². The third-order valence-corrected chi connectivity index (χ3v) is 4.06. The molecule has 3 N–H and O–H groups in total. The number of oxime groups is 1. The Bertz CT molecular complexity index is 528. The molecule has 0 bridgehead atoms. The van der Waals surface area contributed by atoms with Crippen molar-refractivity contribution in [2.45, 2.75) is 4.90 Å². The van der Waals surface area contributed by atoms with E-state index in [-0.39, 0.29) is 9.92 Å². The van der Waals surface area contributed by atoms with E-state index in [4.69, 9.17) is 34.1 Å². The minimum absolute atomic E-state index is 0.00163. The minimum atomic E-state index is -3.73. The lowest BCUT2D eigenvalue weighted by atomic mass is 10.4. The number of hydrogen-bond donors (Lipinski definition) is 2. The van der Waals surface area contributed by atoms with E-state index in [0.717, 1.165) is 0 Å². The maximum atomic E-state index is 11.7. The van der Waals surface area contributed by atoms with E-state index in [2.05, 4.69) is 5.16 Å². The van der Waals surface area contributed by atoms with Crippen molar-refractivity contribution in [3.63, 3.8) is 0 Å². The molecule has 0 aliphatic heterocycles. The van der Waals surface area contributed by atoms with Gasteiger partial charge in [-0.2, -0.15) is 0 Å². The lowest BCUT2D eigenvalue weighted by Gasteiger charge is -2.05. The second-order valence-corrected chi connectivity index (χ2v) is 5.73. The first kappa shape index (κ1) is 13.1. The second kappa shape index (κ2) is 4.90. The predicted molar refractivity (Wildman–Crippen MR) is 61.9 cm³/mol. The van der Waals surface area contributed by atoms with Crippen LogP contribution < -0.4 is 5.73 Å². The molecule has 8 heteroatoms. The Morgan fingerprint density at radius 3 is 2.56 bits per heavy atom. The van der Waals surface area contributed by atoms with Gasteiger partial charge >= 0.3 is 0 Å². The summed E-state index contributed by atoms with van der Waals surface area (Å²) in [4.78, 5) is -0.106. The zero-order chi connectivity index (χ0) is 12.3. The van der Waals surface area contributed by atoms with E-state index in [0.29, 0.717) is 5.02 Å². The highest BCUT2D eigenvalue weighted by Crippen LogP contribution is 2.25. The van der Waals surface area contributed by atoms with Crippen LogP contribution in [0.15, 0.2) is 28.3 Å². The summed E-state index contributed by atoms with van der Waals surface area (Å²) < 4.78 is 23.5. The number of hydrogen-bond acceptors (Lipinski definition) is 4. The molecule has 0 aromatic heterocycles. The quantitative estimate of drug-likeness (QED) is 0.380. The molecule has 1 aromatic carbocycles. The first-order chi connectivity index (χ1) is 7.36. The highest BCUT2D eigenvalue weighted by atomic mass is 35.5. The summed E-state index contributed by atoms with van der Waals surface area (Å²) in [6.45, 7) is 0. The van der Waals surface area contributed by atoms with Gasteiger partial charge in [0.2, 0.25) is 0 Å². The number of sulfone groups is 1. The average Bonchev–Trinajstić information content (AvgIpc) is 2.16. The molecule has 0 amide bonds. The van der Waals surface area contributed by atoms with Gasteiger partial charge < -0.3 is 10.9 Å². The van der Waals surface area contributed by atoms with Gasteiger partial charge in [-0.05, 0) is 18.2 Å². The molecule has 0 radical (unpaired) electrons. The molecule has 1 rings (SSSR count). The van der Waals surface area contributed by atoms with Crippen LogP contribution in [0.1, 0.15) is 0 Å². The number of nitrogens with zero attached hydrogens (tertiary/aromatic N) is 1. The van der Waals surface area contributed by atoms with E-state index >= 15 is 0 Å². The Balaban J connectivity index is 3.18. The van der Waals surface area contributed by atoms with E-state index in [1.165, 1.54) is 18.2 Å². The second-order valence-electron chi connectivity index (χ2n) is 2.93. The van der Waals surface area contributed by atoms with E-state index < -0.39 is 21.4 Å². The molecule has 16 heavy (non-hydrogen) atoms. The van der Waals surface area contributed by atoms with Crippen molar-refractivity contribution >= 4 is 38.9 Å². The van der Waals surface area contributed by atoms with Gasteiger partial charge in [0.25, 0.3) is 0 Å². The monoisotopic (exact) mass is 282 g/mol. The van der Waals surface area contributed by atoms with Gasteiger partial charge in [-0.3, -0.25) is 0 Å². The summed E-state index contributed by atoms with van der Waals surface area (Å²) in [7, 11) is -3.73. The number of halogens is 2. The van der Waals surface area contributed by atoms with Crippen molar-refractivity contribution in [3.05, 3.63) is 28.2 Å². The highest BCUT2D eigenvalue weighted by molar-refractivity contribution is 7.92. The van der Waals surface area contributed by atoms with Crippen LogP contribution in [0.25, 0.3) is 0 Å². The Labute approximate surface area is 102 Å². The lowest BCUT2D eigenvalue weighted by Crippen LogP contribution is -2.23. The van der Waals surface area contributed by atoms with Gasteiger partial charge in [0.15, 0.2) is 15.7 Å². The van der Waals surface area contributed by atoms with Crippen molar-refractivity contribution in [2.75, 3.05) is 5.75 Å². The molecule has 0 aliphatic carbocycles. The molecular formula is C8H8Cl2N2O3S. The molecule has 5 nitrogen and oxygen atoms in total. The largest absolute Gasteiger partial charge is 0.409 e. The van der Waals surface area contributed by atoms with Gasteiger partial charge in [-0.25, -0.2) is 8.42 Å². The third-order valence-electron chi connectivity index (χ3n) is 1.70. The van der Waals surface area contributed by atoms with Crippen LogP contribution in [0.5, 0.6) is 0 Å². The maximum absolute atomic E-state index is 11.7. The topological polar surface area (TPSA) is 92.8 Å². The average molecular weight is 283 g/mol. The Hall–Kier alpha value is -0.980. The zero-order valence-corrected chi connectivity index (χ0v) is 10.2. The molecule has 1 aromatic rings. The SMILES string of the molecule is NC(CS(=O)(=O)c1ccc(Cl)cc1Cl)=NO. The predicted octanol–water partition coefficient (Wildman–Crippen LogP) is 1.51. The molecule has 0 aliphatic rings. The fraction of sp³-hybridized carbons (Fsp3) is 0.125. The fourth-order valence-corrected chi connectivity index (χ4v) is 3.02. The van der Waals surface area contributed by atoms with E-state index in [9.17, 15) is 8.42 Å². The molecule has 0 unspecified atom stereocenters. The minimum Gasteiger partial charge on any atom is -0.409 e. The first-order valence-corrected chi connectivity index (χ1v) is 6.42. The summed E-state index contributed by atoms with van der Waals surface area (Å²) in [5.74, 6) is -1.02. The fourth-order valence-electron chi connectivity index (χ4n) is 1.03. The number of amidine groups is 1. The van der Waals surface area contributed by atoms with Gasteiger partial charge in [0.05, 0.1) is 9.92 Å². The molecule has 0 saturated heterocycles. The molecular weight excluding hydrogens is 275 g/mol. The zero-order valence-electron chi connectivity index (χ0n) is 7.89. The lowest BCUT2D eigenvalue weighted by molar-refractivity contribution is 0.318. The van der Waals surface area contributed by atoms with E-state index in [1.54, 1.807) is 0 Å². The standard InChI is InChI=1S/C8H8Cl2N2O3S/c9-5-1-2-7(6(10)3-5)16(14,15)4-8(11)12-13/h1-3,13H,4H2,(H2,11,12). The highest BCUT2D eigenvalue weighted by Gasteiger charge is 2.20. The summed E-state index contributed by atoms with van der Waals surface area (Å²) >= 11 is 11.4. The number of rotatable bonds is 3. The molecule has 0 saturated carbocycles. The van der Waals surface area contributed by atoms with Crippen LogP contribution in [-0.4, -0.2) is 25.2 Å². The first-order valence-electron chi connectivity index (χ1n) is 4.01. The van der Waals surface area contributed by atoms with E-state index in [1.807, 2.05) is 0 Å². The molecule has 0 atom stereocenters. The third kappa shape index (κ3) is 3.01. The Morgan fingerprint density at radius 1 is 1.44 bits per heavy atom. The molecule has 0 fully saturated rings. The van der Waals surface area contributed by atoms with Crippen LogP contribution in [0.3, 0.4) is 0 Å². The summed E-state index contributed by atoms with van der Waals surface area (Å²) in [6, 6.07) is 3.97.